The van der Waals surface area contributed by atoms with Crippen molar-refractivity contribution in [1.29, 1.82) is 0 Å². The molecule has 0 N–H and O–H groups in total. The summed E-state index contributed by atoms with van der Waals surface area (Å²) < 4.78 is 11.9. The molecule has 0 aliphatic carbocycles. The van der Waals surface area contributed by atoms with Gasteiger partial charge in [-0.05, 0) is 86.7 Å². The van der Waals surface area contributed by atoms with Gasteiger partial charge in [-0.25, -0.2) is 0 Å². The van der Waals surface area contributed by atoms with E-state index >= 15 is 0 Å². The Morgan fingerprint density at radius 2 is 1.63 bits per heavy atom. The van der Waals surface area contributed by atoms with Crippen LogP contribution < -0.4 is 14.4 Å². The van der Waals surface area contributed by atoms with Gasteiger partial charge in [0.2, 0.25) is 5.91 Å². The molecule has 3 aromatic rings. The number of amides is 2. The summed E-state index contributed by atoms with van der Waals surface area (Å²) in [4.78, 5) is 34.7. The molecule has 0 saturated carbocycles. The van der Waals surface area contributed by atoms with Gasteiger partial charge in [-0.1, -0.05) is 30.3 Å². The topological polar surface area (TPSA) is 62.3 Å². The zero-order chi connectivity index (χ0) is 28.7. The quantitative estimate of drug-likeness (QED) is 0.411. The molecule has 214 valence electrons. The highest BCUT2D eigenvalue weighted by Crippen LogP contribution is 2.49. The van der Waals surface area contributed by atoms with E-state index in [0.717, 1.165) is 23.2 Å². The van der Waals surface area contributed by atoms with Gasteiger partial charge >= 0.3 is 0 Å². The Hall–Kier alpha value is -4.00. The maximum atomic E-state index is 14.6. The molecule has 0 radical (unpaired) electrons. The number of ether oxygens (including phenoxy) is 2. The predicted octanol–water partition coefficient (Wildman–Crippen LogP) is 5.37. The summed E-state index contributed by atoms with van der Waals surface area (Å²) in [5.74, 6) is 0.953. The molecule has 3 heterocycles. The first-order chi connectivity index (χ1) is 19.9. The number of fused-ring (bicyclic) bond motifs is 4. The summed E-state index contributed by atoms with van der Waals surface area (Å²) in [5, 5.41) is 0. The number of carbonyl (C=O) groups is 2. The van der Waals surface area contributed by atoms with Gasteiger partial charge in [-0.15, -0.1) is 0 Å². The number of anilines is 1. The summed E-state index contributed by atoms with van der Waals surface area (Å²) in [7, 11) is 0. The first kappa shape index (κ1) is 27.2. The minimum atomic E-state index is -0.493. The van der Waals surface area contributed by atoms with Crippen molar-refractivity contribution in [3.8, 4) is 11.5 Å². The zero-order valence-electron chi connectivity index (χ0n) is 24.4. The van der Waals surface area contributed by atoms with Crippen LogP contribution in [0.2, 0.25) is 0 Å². The number of rotatable bonds is 6. The number of hydrogen-bond donors (Lipinski definition) is 0. The predicted molar refractivity (Wildman–Crippen MR) is 160 cm³/mol. The summed E-state index contributed by atoms with van der Waals surface area (Å²) in [6.45, 7) is 11.8. The number of carbonyl (C=O) groups excluding carboxylic acids is 2. The monoisotopic (exact) mass is 553 g/mol. The number of hydrogen-bond acceptors (Lipinski definition) is 5. The van der Waals surface area contributed by atoms with Crippen molar-refractivity contribution in [2.24, 2.45) is 0 Å². The normalized spacial score (nSPS) is 21.6. The van der Waals surface area contributed by atoms with Crippen molar-refractivity contribution in [2.45, 2.75) is 52.1 Å². The maximum Gasteiger partial charge on any atom is 0.254 e. The van der Waals surface area contributed by atoms with Crippen LogP contribution in [0.1, 0.15) is 65.3 Å². The minimum absolute atomic E-state index is 0.00946. The fraction of sp³-hybridized carbons (Fsp3) is 0.412. The lowest BCUT2D eigenvalue weighted by atomic mass is 9.75. The van der Waals surface area contributed by atoms with Gasteiger partial charge in [0.25, 0.3) is 5.91 Å². The van der Waals surface area contributed by atoms with E-state index in [2.05, 4.69) is 49.1 Å². The third-order valence-electron chi connectivity index (χ3n) is 8.72. The minimum Gasteiger partial charge on any atom is -0.490 e. The lowest BCUT2D eigenvalue weighted by Crippen LogP contribution is -2.57. The summed E-state index contributed by atoms with van der Waals surface area (Å²) in [6.07, 6.45) is 0.708. The van der Waals surface area contributed by atoms with Crippen LogP contribution in [0.15, 0.2) is 60.7 Å². The molecule has 0 unspecified atom stereocenters. The third-order valence-corrected chi connectivity index (χ3v) is 8.72. The number of piperazine rings is 1. The molecule has 0 spiro atoms. The Bertz CT molecular complexity index is 1470. The van der Waals surface area contributed by atoms with Crippen molar-refractivity contribution < 1.29 is 19.1 Å². The average molecular weight is 554 g/mol. The molecule has 3 aromatic carbocycles. The van der Waals surface area contributed by atoms with Gasteiger partial charge < -0.3 is 24.2 Å². The Kier molecular flexibility index (Phi) is 7.37. The summed E-state index contributed by atoms with van der Waals surface area (Å²) >= 11 is 0. The fourth-order valence-corrected chi connectivity index (χ4v) is 6.88. The van der Waals surface area contributed by atoms with Crippen LogP contribution in [-0.2, 0) is 11.2 Å². The molecule has 2 amide bonds. The molecule has 6 rings (SSSR count). The van der Waals surface area contributed by atoms with Crippen molar-refractivity contribution >= 4 is 17.5 Å². The van der Waals surface area contributed by atoms with Crippen LogP contribution in [0, 0.1) is 6.92 Å². The van der Waals surface area contributed by atoms with Gasteiger partial charge in [0.05, 0.1) is 25.2 Å². The zero-order valence-corrected chi connectivity index (χ0v) is 24.4. The SMILES string of the molecule is CCOc1cc2c(cc1OCC)[C@@H]1[C@@H](C(=O)N3CCN(c4cccc(C)c4)[C@H](C)C3)c3ccccc3C(=O)N1CC2. The highest BCUT2D eigenvalue weighted by Gasteiger charge is 2.48. The van der Waals surface area contributed by atoms with E-state index < -0.39 is 12.0 Å². The molecule has 3 aliphatic heterocycles. The lowest BCUT2D eigenvalue weighted by Gasteiger charge is -2.48. The Morgan fingerprint density at radius 1 is 0.878 bits per heavy atom. The lowest BCUT2D eigenvalue weighted by molar-refractivity contribution is -0.135. The highest BCUT2D eigenvalue weighted by atomic mass is 16.5. The largest absolute Gasteiger partial charge is 0.490 e. The van der Waals surface area contributed by atoms with E-state index in [9.17, 15) is 9.59 Å². The van der Waals surface area contributed by atoms with E-state index in [4.69, 9.17) is 9.47 Å². The van der Waals surface area contributed by atoms with E-state index in [0.29, 0.717) is 56.3 Å². The number of nitrogens with zero attached hydrogens (tertiary/aromatic N) is 3. The van der Waals surface area contributed by atoms with E-state index in [-0.39, 0.29) is 17.9 Å². The molecule has 7 nitrogen and oxygen atoms in total. The highest BCUT2D eigenvalue weighted by molar-refractivity contribution is 6.01. The number of aryl methyl sites for hydroxylation is 1. The molecule has 3 atom stereocenters. The summed E-state index contributed by atoms with van der Waals surface area (Å²) in [6, 6.07) is 20.1. The fourth-order valence-electron chi connectivity index (χ4n) is 6.88. The summed E-state index contributed by atoms with van der Waals surface area (Å²) in [5.41, 5.74) is 5.97. The van der Waals surface area contributed by atoms with E-state index in [1.54, 1.807) is 0 Å². The Morgan fingerprint density at radius 3 is 2.37 bits per heavy atom. The van der Waals surface area contributed by atoms with Crippen molar-refractivity contribution in [3.63, 3.8) is 0 Å². The van der Waals surface area contributed by atoms with Gasteiger partial charge in [-0.2, -0.15) is 0 Å². The molecule has 1 saturated heterocycles. The van der Waals surface area contributed by atoms with Crippen LogP contribution in [0.25, 0.3) is 0 Å². The molecule has 3 aliphatic rings. The second kappa shape index (κ2) is 11.1. The second-order valence-corrected chi connectivity index (χ2v) is 11.3. The molecular weight excluding hydrogens is 514 g/mol. The van der Waals surface area contributed by atoms with E-state index in [1.807, 2.05) is 54.0 Å². The first-order valence-electron chi connectivity index (χ1n) is 14.9. The maximum absolute atomic E-state index is 14.6. The van der Waals surface area contributed by atoms with Crippen LogP contribution in [0.5, 0.6) is 11.5 Å². The molecular formula is C34H39N3O4. The third kappa shape index (κ3) is 4.81. The first-order valence-corrected chi connectivity index (χ1v) is 14.9. The molecule has 1 fully saturated rings. The van der Waals surface area contributed by atoms with Crippen LogP contribution in [-0.4, -0.2) is 67.0 Å². The van der Waals surface area contributed by atoms with Crippen LogP contribution >= 0.6 is 0 Å². The van der Waals surface area contributed by atoms with Gasteiger partial charge in [0.1, 0.15) is 0 Å². The van der Waals surface area contributed by atoms with Crippen molar-refractivity contribution in [3.05, 3.63) is 88.5 Å². The average Bonchev–Trinajstić information content (AvgIpc) is 2.97. The smallest absolute Gasteiger partial charge is 0.254 e. The van der Waals surface area contributed by atoms with E-state index in [1.165, 1.54) is 11.3 Å². The van der Waals surface area contributed by atoms with Crippen LogP contribution in [0.3, 0.4) is 0 Å². The van der Waals surface area contributed by atoms with Crippen molar-refractivity contribution in [2.75, 3.05) is 44.3 Å². The molecule has 0 bridgehead atoms. The van der Waals surface area contributed by atoms with Crippen LogP contribution in [0.4, 0.5) is 5.69 Å². The van der Waals surface area contributed by atoms with Gasteiger partial charge in [-0.3, -0.25) is 9.59 Å². The van der Waals surface area contributed by atoms with Gasteiger partial charge in [0, 0.05) is 43.5 Å². The standard InChI is InChI=1S/C34H39N3O4/c1-5-40-29-19-24-14-15-37-32(28(24)20-30(29)41-6-2)31(26-12-7-8-13-27(26)33(37)38)34(39)35-16-17-36(23(4)21-35)25-11-9-10-22(3)18-25/h7-13,18-20,23,31-32H,5-6,14-17,21H2,1-4H3/t23-,31+,32-/m1/s1. The Balaban J connectivity index is 1.38. The van der Waals surface area contributed by atoms with Gasteiger partial charge in [0.15, 0.2) is 11.5 Å². The Labute approximate surface area is 242 Å². The molecule has 41 heavy (non-hydrogen) atoms. The molecule has 7 heteroatoms. The van der Waals surface area contributed by atoms with Crippen molar-refractivity contribution in [1.82, 2.24) is 9.80 Å². The number of benzene rings is 3. The second-order valence-electron chi connectivity index (χ2n) is 11.3. The molecule has 0 aromatic heterocycles.